The van der Waals surface area contributed by atoms with E-state index in [9.17, 15) is 4.79 Å². The fourth-order valence-electron chi connectivity index (χ4n) is 1.95. The molecule has 0 aromatic heterocycles. The maximum atomic E-state index is 10.6. The third kappa shape index (κ3) is 3.23. The Balaban J connectivity index is 2.33. The van der Waals surface area contributed by atoms with E-state index in [0.717, 1.165) is 35.2 Å². The fraction of sp³-hybridized carbons (Fsp3) is 0.214. The second-order valence-corrected chi connectivity index (χ2v) is 5.00. The van der Waals surface area contributed by atoms with Crippen LogP contribution in [0.25, 0.3) is 6.08 Å². The highest BCUT2D eigenvalue weighted by molar-refractivity contribution is 9.10. The molecule has 1 heterocycles. The first-order chi connectivity index (χ1) is 8.66. The van der Waals surface area contributed by atoms with Crippen molar-refractivity contribution in [2.75, 3.05) is 18.0 Å². The largest absolute Gasteiger partial charge is 0.478 e. The van der Waals surface area contributed by atoms with Crippen molar-refractivity contribution in [1.29, 1.82) is 0 Å². The Kier molecular flexibility index (Phi) is 4.20. The van der Waals surface area contributed by atoms with Crippen molar-refractivity contribution in [3.63, 3.8) is 0 Å². The van der Waals surface area contributed by atoms with E-state index in [1.165, 1.54) is 6.08 Å². The molecule has 4 heteroatoms. The Bertz CT molecular complexity index is 509. The van der Waals surface area contributed by atoms with Gasteiger partial charge in [-0.1, -0.05) is 34.1 Å². The van der Waals surface area contributed by atoms with Gasteiger partial charge in [-0.05, 0) is 30.2 Å². The van der Waals surface area contributed by atoms with Gasteiger partial charge in [-0.15, -0.1) is 0 Å². The molecule has 0 amide bonds. The van der Waals surface area contributed by atoms with E-state index in [0.29, 0.717) is 0 Å². The first kappa shape index (κ1) is 12.9. The fourth-order valence-corrected chi connectivity index (χ4v) is 2.30. The quantitative estimate of drug-likeness (QED) is 0.688. The Morgan fingerprint density at radius 3 is 2.89 bits per heavy atom. The standard InChI is InChI=1S/C14H14BrNO2/c15-12-6-4-11(5-7-14(17)18)13(10-12)16-8-2-1-3-9-16/h1-2,4-7,10H,3,8-9H2,(H,17,18)/b7-5+. The van der Waals surface area contributed by atoms with Crippen LogP contribution in [0.15, 0.2) is 40.9 Å². The van der Waals surface area contributed by atoms with Crippen LogP contribution in [0.4, 0.5) is 5.69 Å². The number of aliphatic carboxylic acids is 1. The Morgan fingerprint density at radius 2 is 2.22 bits per heavy atom. The summed E-state index contributed by atoms with van der Waals surface area (Å²) in [6.45, 7) is 1.82. The van der Waals surface area contributed by atoms with Crippen LogP contribution < -0.4 is 4.90 Å². The van der Waals surface area contributed by atoms with Gasteiger partial charge in [0.2, 0.25) is 0 Å². The highest BCUT2D eigenvalue weighted by Crippen LogP contribution is 2.27. The number of nitrogens with zero attached hydrogens (tertiary/aromatic N) is 1. The van der Waals surface area contributed by atoms with Crippen molar-refractivity contribution >= 4 is 33.7 Å². The van der Waals surface area contributed by atoms with Crippen LogP contribution in [-0.4, -0.2) is 24.2 Å². The van der Waals surface area contributed by atoms with Gasteiger partial charge >= 0.3 is 5.97 Å². The minimum absolute atomic E-state index is 0.865. The molecule has 1 N–H and O–H groups in total. The maximum Gasteiger partial charge on any atom is 0.328 e. The molecule has 1 aromatic carbocycles. The zero-order chi connectivity index (χ0) is 13.0. The lowest BCUT2D eigenvalue weighted by atomic mass is 10.1. The number of carbonyl (C=O) groups is 1. The molecule has 1 aliphatic rings. The average molecular weight is 308 g/mol. The third-order valence-corrected chi connectivity index (χ3v) is 3.29. The Hall–Kier alpha value is -1.55. The topological polar surface area (TPSA) is 40.5 Å². The van der Waals surface area contributed by atoms with Crippen molar-refractivity contribution in [3.05, 3.63) is 46.5 Å². The van der Waals surface area contributed by atoms with Gasteiger partial charge in [-0.3, -0.25) is 0 Å². The predicted octanol–water partition coefficient (Wildman–Crippen LogP) is 3.31. The van der Waals surface area contributed by atoms with Gasteiger partial charge in [0.05, 0.1) is 0 Å². The molecule has 0 saturated heterocycles. The van der Waals surface area contributed by atoms with E-state index < -0.39 is 5.97 Å². The molecule has 0 bridgehead atoms. The summed E-state index contributed by atoms with van der Waals surface area (Å²) in [5, 5.41) is 8.71. The van der Waals surface area contributed by atoms with Crippen molar-refractivity contribution in [1.82, 2.24) is 0 Å². The number of benzene rings is 1. The molecule has 0 atom stereocenters. The van der Waals surface area contributed by atoms with Gasteiger partial charge in [0.25, 0.3) is 0 Å². The summed E-state index contributed by atoms with van der Waals surface area (Å²) in [6, 6.07) is 5.88. The van der Waals surface area contributed by atoms with E-state index in [1.54, 1.807) is 6.08 Å². The van der Waals surface area contributed by atoms with Crippen LogP contribution >= 0.6 is 15.9 Å². The molecule has 0 spiro atoms. The molecular formula is C14H14BrNO2. The Morgan fingerprint density at radius 1 is 1.39 bits per heavy atom. The number of hydrogen-bond acceptors (Lipinski definition) is 2. The third-order valence-electron chi connectivity index (χ3n) is 2.80. The number of halogens is 1. The van der Waals surface area contributed by atoms with Crippen molar-refractivity contribution < 1.29 is 9.90 Å². The van der Waals surface area contributed by atoms with Gasteiger partial charge in [-0.25, -0.2) is 4.79 Å². The Labute approximate surface area is 115 Å². The normalized spacial score (nSPS) is 15.3. The van der Waals surface area contributed by atoms with E-state index in [1.807, 2.05) is 18.2 Å². The highest BCUT2D eigenvalue weighted by Gasteiger charge is 2.11. The molecule has 1 aromatic rings. The van der Waals surface area contributed by atoms with Crippen LogP contribution in [0.1, 0.15) is 12.0 Å². The van der Waals surface area contributed by atoms with Crippen molar-refractivity contribution in [3.8, 4) is 0 Å². The number of carboxylic acids is 1. The molecule has 1 aliphatic heterocycles. The average Bonchev–Trinajstić information content (AvgIpc) is 2.38. The number of rotatable bonds is 3. The minimum atomic E-state index is -0.928. The molecule has 0 radical (unpaired) electrons. The maximum absolute atomic E-state index is 10.6. The van der Waals surface area contributed by atoms with Crippen LogP contribution in [0, 0.1) is 0 Å². The van der Waals surface area contributed by atoms with E-state index >= 15 is 0 Å². The smallest absolute Gasteiger partial charge is 0.328 e. The monoisotopic (exact) mass is 307 g/mol. The highest BCUT2D eigenvalue weighted by atomic mass is 79.9. The first-order valence-electron chi connectivity index (χ1n) is 5.77. The summed E-state index contributed by atoms with van der Waals surface area (Å²) < 4.78 is 1.000. The molecule has 2 rings (SSSR count). The number of anilines is 1. The van der Waals surface area contributed by atoms with Crippen molar-refractivity contribution in [2.45, 2.75) is 6.42 Å². The summed E-state index contributed by atoms with van der Waals surface area (Å²) in [5.41, 5.74) is 1.99. The van der Waals surface area contributed by atoms with Gasteiger partial charge in [-0.2, -0.15) is 0 Å². The lowest BCUT2D eigenvalue weighted by Crippen LogP contribution is -2.27. The van der Waals surface area contributed by atoms with Gasteiger partial charge < -0.3 is 10.0 Å². The van der Waals surface area contributed by atoms with Gasteiger partial charge in [0, 0.05) is 29.3 Å². The summed E-state index contributed by atoms with van der Waals surface area (Å²) >= 11 is 3.46. The number of hydrogen-bond donors (Lipinski definition) is 1. The van der Waals surface area contributed by atoms with Crippen LogP contribution in [0.5, 0.6) is 0 Å². The summed E-state index contributed by atoms with van der Waals surface area (Å²) in [7, 11) is 0. The summed E-state index contributed by atoms with van der Waals surface area (Å²) in [4.78, 5) is 12.8. The lowest BCUT2D eigenvalue weighted by molar-refractivity contribution is -0.131. The predicted molar refractivity (Wildman–Crippen MR) is 76.8 cm³/mol. The molecular weight excluding hydrogens is 294 g/mol. The second kappa shape index (κ2) is 5.87. The van der Waals surface area contributed by atoms with Gasteiger partial charge in [0.1, 0.15) is 0 Å². The molecule has 3 nitrogen and oxygen atoms in total. The summed E-state index contributed by atoms with van der Waals surface area (Å²) in [6.07, 6.45) is 8.14. The van der Waals surface area contributed by atoms with E-state index in [-0.39, 0.29) is 0 Å². The first-order valence-corrected chi connectivity index (χ1v) is 6.56. The molecule has 0 fully saturated rings. The second-order valence-electron chi connectivity index (χ2n) is 4.08. The molecule has 18 heavy (non-hydrogen) atoms. The van der Waals surface area contributed by atoms with Crippen LogP contribution in [-0.2, 0) is 4.79 Å². The van der Waals surface area contributed by atoms with Crippen LogP contribution in [0.2, 0.25) is 0 Å². The molecule has 0 aliphatic carbocycles. The lowest BCUT2D eigenvalue weighted by Gasteiger charge is -2.27. The van der Waals surface area contributed by atoms with E-state index in [4.69, 9.17) is 5.11 Å². The van der Waals surface area contributed by atoms with Crippen LogP contribution in [0.3, 0.4) is 0 Å². The molecule has 94 valence electrons. The zero-order valence-electron chi connectivity index (χ0n) is 9.84. The van der Waals surface area contributed by atoms with E-state index in [2.05, 4.69) is 33.0 Å². The van der Waals surface area contributed by atoms with Gasteiger partial charge in [0.15, 0.2) is 0 Å². The SMILES string of the molecule is O=C(O)/C=C/c1ccc(Br)cc1N1CC=CCC1. The zero-order valence-corrected chi connectivity index (χ0v) is 11.4. The molecule has 0 saturated carbocycles. The minimum Gasteiger partial charge on any atom is -0.478 e. The number of carboxylic acid groups (broad SMARTS) is 1. The van der Waals surface area contributed by atoms with Crippen molar-refractivity contribution in [2.24, 2.45) is 0 Å². The summed E-state index contributed by atoms with van der Waals surface area (Å²) in [5.74, 6) is -0.928. The molecule has 0 unspecified atom stereocenters.